The Morgan fingerprint density at radius 2 is 1.53 bits per heavy atom. The molecule has 0 aromatic carbocycles. The molecule has 15 heavy (non-hydrogen) atoms. The zero-order valence-corrected chi connectivity index (χ0v) is 17.2. The summed E-state index contributed by atoms with van der Waals surface area (Å²) in [5, 5.41) is 10.3. The average molecular weight is 424 g/mol. The van der Waals surface area contributed by atoms with Crippen LogP contribution in [0, 0.1) is 0 Å². The predicted octanol–water partition coefficient (Wildman–Crippen LogP) is 3.51. The van der Waals surface area contributed by atoms with Gasteiger partial charge in [0.05, 0.1) is 0 Å². The van der Waals surface area contributed by atoms with Gasteiger partial charge in [-0.25, -0.2) is 0 Å². The van der Waals surface area contributed by atoms with Gasteiger partial charge in [0.1, 0.15) is 0 Å². The molecule has 0 fully saturated rings. The average Bonchev–Trinajstić information content (AvgIpc) is 2.07. The summed E-state index contributed by atoms with van der Waals surface area (Å²) < 4.78 is 4.63. The zero-order chi connectivity index (χ0) is 12.3. The molecule has 0 atom stereocenters. The molecule has 0 aromatic heterocycles. The van der Waals surface area contributed by atoms with Crippen molar-refractivity contribution in [3.63, 3.8) is 0 Å². The van der Waals surface area contributed by atoms with Crippen molar-refractivity contribution < 1.29 is 5.11 Å². The molecule has 1 aliphatic rings. The first-order valence-corrected chi connectivity index (χ1v) is 23.1. The summed E-state index contributed by atoms with van der Waals surface area (Å²) in [6.45, 7) is 8.91. The number of aliphatic hydroxyl groups is 1. The molecule has 0 aromatic rings. The molecular weight excluding hydrogens is 398 g/mol. The van der Waals surface area contributed by atoms with Gasteiger partial charge in [-0.3, -0.25) is 0 Å². The maximum atomic E-state index is 10.3. The van der Waals surface area contributed by atoms with Crippen LogP contribution in [0.25, 0.3) is 0 Å². The second-order valence-corrected chi connectivity index (χ2v) is 39.8. The SMILES string of the molecule is CC(C)(O)[C]1=[CH][Sn]([CH3])([CH3])[C](C)(C)[Sn]1([CH3])[CH3]. The molecule has 0 bridgehead atoms. The molecule has 0 saturated heterocycles. The topological polar surface area (TPSA) is 20.2 Å². The van der Waals surface area contributed by atoms with Crippen LogP contribution in [-0.4, -0.2) is 47.5 Å². The first-order chi connectivity index (χ1) is 6.34. The summed E-state index contributed by atoms with van der Waals surface area (Å²) in [6, 6.07) is 0. The van der Waals surface area contributed by atoms with Gasteiger partial charge in [0.2, 0.25) is 0 Å². The second kappa shape index (κ2) is 3.64. The standard InChI is InChI=1S/C5H8O.C3H6.4CH3.2Sn/c1-4-5(2,3)6;1-3-2;;;;;;/h1,6H,2-3H3;1-2H3;4*1H3;;. The van der Waals surface area contributed by atoms with Crippen molar-refractivity contribution in [1.29, 1.82) is 0 Å². The van der Waals surface area contributed by atoms with Gasteiger partial charge >= 0.3 is 104 Å². The van der Waals surface area contributed by atoms with Crippen molar-refractivity contribution in [3.8, 4) is 0 Å². The van der Waals surface area contributed by atoms with Gasteiger partial charge in [0.15, 0.2) is 0 Å². The quantitative estimate of drug-likeness (QED) is 0.640. The van der Waals surface area contributed by atoms with Gasteiger partial charge in [-0.05, 0) is 0 Å². The zero-order valence-electron chi connectivity index (χ0n) is 11.5. The molecule has 1 heterocycles. The first kappa shape index (κ1) is 14.4. The van der Waals surface area contributed by atoms with Gasteiger partial charge in [-0.2, -0.15) is 0 Å². The molecule has 1 aliphatic heterocycles. The molecule has 0 radical (unpaired) electrons. The van der Waals surface area contributed by atoms with Crippen LogP contribution in [0.15, 0.2) is 7.68 Å². The molecule has 0 saturated carbocycles. The van der Waals surface area contributed by atoms with Crippen LogP contribution in [0.1, 0.15) is 27.7 Å². The number of hydrogen-bond acceptors (Lipinski definition) is 1. The van der Waals surface area contributed by atoms with E-state index in [0.717, 1.165) is 0 Å². The van der Waals surface area contributed by atoms with E-state index in [0.29, 0.717) is 1.45 Å². The summed E-state index contributed by atoms with van der Waals surface area (Å²) in [5.74, 6) is 0. The van der Waals surface area contributed by atoms with E-state index in [1.54, 1.807) is 0 Å². The van der Waals surface area contributed by atoms with Crippen LogP contribution in [0.2, 0.25) is 21.2 Å². The molecular formula is C12H26OSn2. The molecule has 0 amide bonds. The summed E-state index contributed by atoms with van der Waals surface area (Å²) >= 11 is -4.37. The number of rotatable bonds is 1. The van der Waals surface area contributed by atoms with Crippen molar-refractivity contribution >= 4 is 36.8 Å². The monoisotopic (exact) mass is 426 g/mol. The Labute approximate surface area is 103 Å². The molecule has 0 spiro atoms. The third kappa shape index (κ3) is 2.05. The Hall–Kier alpha value is 1.30. The van der Waals surface area contributed by atoms with Crippen LogP contribution in [-0.2, 0) is 0 Å². The maximum absolute atomic E-state index is 10.3. The molecule has 3 heteroatoms. The fraction of sp³-hybridized carbons (Fsp3) is 0.833. The van der Waals surface area contributed by atoms with Gasteiger partial charge in [-0.15, -0.1) is 0 Å². The minimum atomic E-state index is -2.28. The van der Waals surface area contributed by atoms with E-state index in [9.17, 15) is 5.11 Å². The fourth-order valence-electron chi connectivity index (χ4n) is 2.81. The van der Waals surface area contributed by atoms with E-state index >= 15 is 0 Å². The van der Waals surface area contributed by atoms with Gasteiger partial charge < -0.3 is 0 Å². The van der Waals surface area contributed by atoms with Crippen molar-refractivity contribution in [2.45, 2.75) is 54.5 Å². The summed E-state index contributed by atoms with van der Waals surface area (Å²) in [7, 11) is 0. The van der Waals surface area contributed by atoms with E-state index in [4.69, 9.17) is 0 Å². The van der Waals surface area contributed by atoms with Crippen LogP contribution in [0.4, 0.5) is 0 Å². The third-order valence-electron chi connectivity index (χ3n) is 5.01. The molecule has 1 N–H and O–H groups in total. The second-order valence-electron chi connectivity index (χ2n) is 7.09. The Bertz CT molecular complexity index is 306. The van der Waals surface area contributed by atoms with Gasteiger partial charge in [0.25, 0.3) is 0 Å². The fourth-order valence-corrected chi connectivity index (χ4v) is 67.4. The molecule has 0 unspecified atom stereocenters. The van der Waals surface area contributed by atoms with E-state index < -0.39 is 42.4 Å². The van der Waals surface area contributed by atoms with E-state index in [1.165, 1.54) is 3.59 Å². The van der Waals surface area contributed by atoms with E-state index in [1.807, 2.05) is 13.8 Å². The van der Waals surface area contributed by atoms with Crippen molar-refractivity contribution in [3.05, 3.63) is 7.68 Å². The Balaban J connectivity index is 3.35. The molecule has 1 rings (SSSR count). The Kier molecular flexibility index (Phi) is 3.49. The van der Waals surface area contributed by atoms with Crippen LogP contribution < -0.4 is 0 Å². The van der Waals surface area contributed by atoms with Crippen molar-refractivity contribution in [2.24, 2.45) is 0 Å². The van der Waals surface area contributed by atoms with E-state index in [-0.39, 0.29) is 0 Å². The molecule has 88 valence electrons. The van der Waals surface area contributed by atoms with Gasteiger partial charge in [-0.1, -0.05) is 0 Å². The Morgan fingerprint density at radius 1 is 1.13 bits per heavy atom. The first-order valence-electron chi connectivity index (χ1n) is 5.80. The summed E-state index contributed by atoms with van der Waals surface area (Å²) in [5.41, 5.74) is -0.568. The van der Waals surface area contributed by atoms with Crippen LogP contribution in [0.3, 0.4) is 0 Å². The summed E-state index contributed by atoms with van der Waals surface area (Å²) in [6.07, 6.45) is 0. The van der Waals surface area contributed by atoms with E-state index in [2.05, 4.69) is 37.7 Å². The molecule has 1 nitrogen and oxygen atoms in total. The minimum absolute atomic E-state index is 0.568. The van der Waals surface area contributed by atoms with Crippen LogP contribution >= 0.6 is 0 Å². The van der Waals surface area contributed by atoms with Crippen LogP contribution in [0.5, 0.6) is 0 Å². The predicted molar refractivity (Wildman–Crippen MR) is 73.4 cm³/mol. The van der Waals surface area contributed by atoms with Crippen molar-refractivity contribution in [1.82, 2.24) is 0 Å². The molecule has 0 aliphatic carbocycles. The number of hydrogen-bond donors (Lipinski definition) is 1. The summed E-state index contributed by atoms with van der Waals surface area (Å²) in [4.78, 5) is 10.0. The Morgan fingerprint density at radius 3 is 1.67 bits per heavy atom. The normalized spacial score (nSPS) is 27.7. The third-order valence-corrected chi connectivity index (χ3v) is 58.7. The van der Waals surface area contributed by atoms with Crippen molar-refractivity contribution in [2.75, 3.05) is 0 Å². The van der Waals surface area contributed by atoms with Gasteiger partial charge in [0, 0.05) is 0 Å².